The molecule has 2 amide bonds. The molecule has 1 aromatic rings. The molecule has 1 N–H and O–H groups in total. The average molecular weight is 405 g/mol. The predicted octanol–water partition coefficient (Wildman–Crippen LogP) is 5.28. The highest BCUT2D eigenvalue weighted by atomic mass is 35.5. The van der Waals surface area contributed by atoms with E-state index < -0.39 is 11.5 Å². The molecule has 5 heteroatoms. The molecule has 1 aliphatic heterocycles. The van der Waals surface area contributed by atoms with Crippen LogP contribution < -0.4 is 5.32 Å². The average Bonchev–Trinajstić information content (AvgIpc) is 2.59. The molecule has 154 valence electrons. The number of rotatable bonds is 6. The van der Waals surface area contributed by atoms with Crippen molar-refractivity contribution in [3.8, 4) is 0 Å². The standard InChI is InChI=1S/C23H33ClN2O2/c1-7-14-23(6)15-13-19(16-9-11-17(24)12-10-16)26(21(23)28)18(8-2)20(27)25-22(3,4)5/h7,9-12,18-19H,1,8,13-15H2,2-6H3,(H,25,27). The number of benzene rings is 1. The van der Waals surface area contributed by atoms with Crippen molar-refractivity contribution in [2.75, 3.05) is 0 Å². The Morgan fingerprint density at radius 1 is 1.39 bits per heavy atom. The highest BCUT2D eigenvalue weighted by Gasteiger charge is 2.47. The molecule has 3 atom stereocenters. The molecule has 1 heterocycles. The van der Waals surface area contributed by atoms with Gasteiger partial charge in [0.2, 0.25) is 11.8 Å². The largest absolute Gasteiger partial charge is 0.350 e. The van der Waals surface area contributed by atoms with Crippen LogP contribution in [-0.2, 0) is 9.59 Å². The van der Waals surface area contributed by atoms with E-state index in [0.717, 1.165) is 18.4 Å². The fourth-order valence-corrected chi connectivity index (χ4v) is 4.12. The van der Waals surface area contributed by atoms with Crippen LogP contribution in [0, 0.1) is 5.41 Å². The van der Waals surface area contributed by atoms with Crippen molar-refractivity contribution in [1.29, 1.82) is 0 Å². The van der Waals surface area contributed by atoms with Crippen LogP contribution in [-0.4, -0.2) is 28.3 Å². The van der Waals surface area contributed by atoms with Crippen LogP contribution >= 0.6 is 11.6 Å². The molecule has 1 aromatic carbocycles. The maximum Gasteiger partial charge on any atom is 0.243 e. The summed E-state index contributed by atoms with van der Waals surface area (Å²) in [6.45, 7) is 13.6. The van der Waals surface area contributed by atoms with E-state index in [1.54, 1.807) is 6.08 Å². The van der Waals surface area contributed by atoms with Crippen LogP contribution in [0.3, 0.4) is 0 Å². The van der Waals surface area contributed by atoms with Crippen molar-refractivity contribution in [3.63, 3.8) is 0 Å². The second kappa shape index (κ2) is 8.69. The number of likely N-dealkylation sites (tertiary alicyclic amines) is 1. The minimum absolute atomic E-state index is 0.0227. The van der Waals surface area contributed by atoms with Crippen molar-refractivity contribution in [1.82, 2.24) is 10.2 Å². The lowest BCUT2D eigenvalue weighted by Gasteiger charge is -2.47. The second-order valence-corrected chi connectivity index (χ2v) is 9.47. The molecule has 1 saturated heterocycles. The molecule has 4 nitrogen and oxygen atoms in total. The molecule has 28 heavy (non-hydrogen) atoms. The van der Waals surface area contributed by atoms with Crippen molar-refractivity contribution < 1.29 is 9.59 Å². The van der Waals surface area contributed by atoms with E-state index in [9.17, 15) is 9.59 Å². The van der Waals surface area contributed by atoms with E-state index in [4.69, 9.17) is 11.6 Å². The summed E-state index contributed by atoms with van der Waals surface area (Å²) < 4.78 is 0. The van der Waals surface area contributed by atoms with Gasteiger partial charge < -0.3 is 10.2 Å². The van der Waals surface area contributed by atoms with Crippen LogP contribution in [0.1, 0.15) is 71.9 Å². The first kappa shape index (κ1) is 22.5. The van der Waals surface area contributed by atoms with Crippen molar-refractivity contribution in [3.05, 3.63) is 47.5 Å². The zero-order valence-corrected chi connectivity index (χ0v) is 18.5. The molecule has 0 saturated carbocycles. The van der Waals surface area contributed by atoms with E-state index in [2.05, 4.69) is 11.9 Å². The van der Waals surface area contributed by atoms with Gasteiger partial charge in [-0.25, -0.2) is 0 Å². The minimum Gasteiger partial charge on any atom is -0.350 e. The minimum atomic E-state index is -0.528. The predicted molar refractivity (Wildman–Crippen MR) is 115 cm³/mol. The molecular weight excluding hydrogens is 372 g/mol. The zero-order valence-electron chi connectivity index (χ0n) is 17.7. The Morgan fingerprint density at radius 2 is 2.00 bits per heavy atom. The van der Waals surface area contributed by atoms with Crippen LogP contribution in [0.25, 0.3) is 0 Å². The van der Waals surface area contributed by atoms with Crippen molar-refractivity contribution in [2.45, 2.75) is 77.9 Å². The van der Waals surface area contributed by atoms with Crippen LogP contribution in [0.2, 0.25) is 5.02 Å². The Kier molecular flexibility index (Phi) is 6.97. The van der Waals surface area contributed by atoms with E-state index in [0.29, 0.717) is 17.9 Å². The van der Waals surface area contributed by atoms with Crippen molar-refractivity contribution in [2.24, 2.45) is 5.41 Å². The monoisotopic (exact) mass is 404 g/mol. The van der Waals surface area contributed by atoms with Gasteiger partial charge >= 0.3 is 0 Å². The number of amides is 2. The molecule has 1 aliphatic rings. The van der Waals surface area contributed by atoms with Gasteiger partial charge in [-0.1, -0.05) is 43.7 Å². The Labute approximate surface area is 174 Å². The number of hydrogen-bond acceptors (Lipinski definition) is 2. The first-order valence-electron chi connectivity index (χ1n) is 10.0. The van der Waals surface area contributed by atoms with Crippen molar-refractivity contribution >= 4 is 23.4 Å². The van der Waals surface area contributed by atoms with E-state index >= 15 is 0 Å². The lowest BCUT2D eigenvalue weighted by Crippen LogP contribution is -2.59. The second-order valence-electron chi connectivity index (χ2n) is 9.04. The van der Waals surface area contributed by atoms with Crippen LogP contribution in [0.4, 0.5) is 0 Å². The summed E-state index contributed by atoms with van der Waals surface area (Å²) in [5.41, 5.74) is 0.129. The molecule has 3 unspecified atom stereocenters. The van der Waals surface area contributed by atoms with Gasteiger partial charge in [0, 0.05) is 10.6 Å². The summed E-state index contributed by atoms with van der Waals surface area (Å²) in [7, 11) is 0. The number of halogens is 1. The third kappa shape index (κ3) is 4.96. The molecule has 1 fully saturated rings. The van der Waals surface area contributed by atoms with Gasteiger partial charge in [0.15, 0.2) is 0 Å². The summed E-state index contributed by atoms with van der Waals surface area (Å²) in [5, 5.41) is 3.71. The molecule has 0 bridgehead atoms. The summed E-state index contributed by atoms with van der Waals surface area (Å²) >= 11 is 6.06. The van der Waals surface area contributed by atoms with Crippen LogP contribution in [0.15, 0.2) is 36.9 Å². The van der Waals surface area contributed by atoms with E-state index in [1.165, 1.54) is 0 Å². The smallest absolute Gasteiger partial charge is 0.243 e. The molecule has 0 aromatic heterocycles. The van der Waals surface area contributed by atoms with Gasteiger partial charge in [0.1, 0.15) is 6.04 Å². The molecule has 0 radical (unpaired) electrons. The first-order chi connectivity index (χ1) is 13.0. The molecular formula is C23H33ClN2O2. The Hall–Kier alpha value is -1.81. The Bertz CT molecular complexity index is 723. The highest BCUT2D eigenvalue weighted by molar-refractivity contribution is 6.30. The summed E-state index contributed by atoms with van der Waals surface area (Å²) in [4.78, 5) is 28.5. The third-order valence-corrected chi connectivity index (χ3v) is 5.68. The number of nitrogens with one attached hydrogen (secondary N) is 1. The molecule has 0 spiro atoms. The number of nitrogens with zero attached hydrogens (tertiary/aromatic N) is 1. The maximum atomic E-state index is 13.6. The topological polar surface area (TPSA) is 49.4 Å². The number of carbonyl (C=O) groups excluding carboxylic acids is 2. The highest BCUT2D eigenvalue weighted by Crippen LogP contribution is 2.44. The Morgan fingerprint density at radius 3 is 2.50 bits per heavy atom. The quantitative estimate of drug-likeness (QED) is 0.655. The van der Waals surface area contributed by atoms with Gasteiger partial charge in [-0.15, -0.1) is 6.58 Å². The normalized spacial score (nSPS) is 24.0. The number of carbonyl (C=O) groups is 2. The lowest BCUT2D eigenvalue weighted by atomic mass is 9.74. The van der Waals surface area contributed by atoms with Gasteiger partial charge in [-0.3, -0.25) is 9.59 Å². The van der Waals surface area contributed by atoms with E-state index in [1.807, 2.05) is 63.8 Å². The lowest BCUT2D eigenvalue weighted by molar-refractivity contribution is -0.157. The van der Waals surface area contributed by atoms with E-state index in [-0.39, 0.29) is 23.4 Å². The first-order valence-corrected chi connectivity index (χ1v) is 10.4. The third-order valence-electron chi connectivity index (χ3n) is 5.43. The zero-order chi connectivity index (χ0) is 21.1. The van der Waals surface area contributed by atoms with Gasteiger partial charge in [0.05, 0.1) is 11.5 Å². The maximum absolute atomic E-state index is 13.6. The summed E-state index contributed by atoms with van der Waals surface area (Å²) in [5.74, 6) is -0.0836. The van der Waals surface area contributed by atoms with Crippen LogP contribution in [0.5, 0.6) is 0 Å². The SMILES string of the molecule is C=CCC1(C)CCC(c2ccc(Cl)cc2)N(C(CC)C(=O)NC(C)(C)C)C1=O. The fourth-order valence-electron chi connectivity index (χ4n) is 3.99. The molecule has 2 rings (SSSR count). The number of piperidine rings is 1. The number of hydrogen-bond donors (Lipinski definition) is 1. The number of allylic oxidation sites excluding steroid dienone is 1. The van der Waals surface area contributed by atoms with Gasteiger partial charge in [-0.2, -0.15) is 0 Å². The Balaban J connectivity index is 2.47. The van der Waals surface area contributed by atoms with Gasteiger partial charge in [0.25, 0.3) is 0 Å². The van der Waals surface area contributed by atoms with Gasteiger partial charge in [-0.05, 0) is 64.2 Å². The fraction of sp³-hybridized carbons (Fsp3) is 0.565. The summed E-state index contributed by atoms with van der Waals surface area (Å²) in [6, 6.07) is 6.94. The molecule has 0 aliphatic carbocycles. The summed E-state index contributed by atoms with van der Waals surface area (Å²) in [6.07, 6.45) is 4.53.